The van der Waals surface area contributed by atoms with Gasteiger partial charge in [-0.1, -0.05) is 24.6 Å². The maximum Gasteiger partial charge on any atom is 0.328 e. The Morgan fingerprint density at radius 1 is 1.45 bits per heavy atom. The molecule has 1 aromatic rings. The predicted octanol–water partition coefficient (Wildman–Crippen LogP) is 3.65. The number of esters is 1. The molecular formula is C17H25NO2. The zero-order valence-corrected chi connectivity index (χ0v) is 13.4. The Labute approximate surface area is 121 Å². The molecule has 1 aromatic carbocycles. The fraction of sp³-hybridized carbons (Fsp3) is 0.588. The van der Waals surface area contributed by atoms with E-state index in [2.05, 4.69) is 50.8 Å². The maximum absolute atomic E-state index is 12.0. The highest BCUT2D eigenvalue weighted by Crippen LogP contribution is 2.44. The Kier molecular flexibility index (Phi) is 3.81. The third kappa shape index (κ3) is 2.41. The molecular weight excluding hydrogens is 250 g/mol. The Hall–Kier alpha value is -1.51. The van der Waals surface area contributed by atoms with Crippen LogP contribution in [0.5, 0.6) is 0 Å². The molecule has 0 N–H and O–H groups in total. The van der Waals surface area contributed by atoms with E-state index in [0.717, 1.165) is 12.1 Å². The molecule has 0 radical (unpaired) electrons. The van der Waals surface area contributed by atoms with Gasteiger partial charge < -0.3 is 9.64 Å². The maximum atomic E-state index is 12.0. The van der Waals surface area contributed by atoms with Gasteiger partial charge in [0.25, 0.3) is 0 Å². The molecule has 0 unspecified atom stereocenters. The van der Waals surface area contributed by atoms with Crippen molar-refractivity contribution < 1.29 is 9.53 Å². The Morgan fingerprint density at radius 3 is 2.70 bits per heavy atom. The van der Waals surface area contributed by atoms with E-state index in [1.807, 2.05) is 6.92 Å². The van der Waals surface area contributed by atoms with Crippen LogP contribution < -0.4 is 4.90 Å². The third-order valence-electron chi connectivity index (χ3n) is 4.36. The lowest BCUT2D eigenvalue weighted by Crippen LogP contribution is -2.55. The Bertz CT molecular complexity index is 522. The van der Waals surface area contributed by atoms with Crippen LogP contribution in [0, 0.1) is 6.92 Å². The van der Waals surface area contributed by atoms with E-state index in [-0.39, 0.29) is 17.6 Å². The van der Waals surface area contributed by atoms with Gasteiger partial charge in [-0.2, -0.15) is 0 Å². The number of aryl methyl sites for hydroxylation is 1. The van der Waals surface area contributed by atoms with Gasteiger partial charge in [-0.05, 0) is 51.7 Å². The van der Waals surface area contributed by atoms with E-state index in [1.54, 1.807) is 0 Å². The lowest BCUT2D eigenvalue weighted by atomic mass is 9.79. The molecule has 0 amide bonds. The van der Waals surface area contributed by atoms with Gasteiger partial charge in [0, 0.05) is 11.2 Å². The summed E-state index contributed by atoms with van der Waals surface area (Å²) in [6.45, 7) is 10.7. The fourth-order valence-electron chi connectivity index (χ4n) is 3.58. The molecule has 3 nitrogen and oxygen atoms in total. The van der Waals surface area contributed by atoms with Crippen molar-refractivity contribution in [2.45, 2.75) is 58.5 Å². The zero-order chi connectivity index (χ0) is 15.1. The van der Waals surface area contributed by atoms with Gasteiger partial charge in [-0.25, -0.2) is 4.79 Å². The van der Waals surface area contributed by atoms with E-state index in [0.29, 0.717) is 5.92 Å². The Morgan fingerprint density at radius 2 is 2.10 bits per heavy atom. The van der Waals surface area contributed by atoms with Crippen LogP contribution in [0.25, 0.3) is 0 Å². The molecule has 0 aliphatic carbocycles. The van der Waals surface area contributed by atoms with E-state index in [9.17, 15) is 4.79 Å². The summed E-state index contributed by atoms with van der Waals surface area (Å²) in [6, 6.07) is 6.22. The molecule has 20 heavy (non-hydrogen) atoms. The quantitative estimate of drug-likeness (QED) is 0.772. The number of anilines is 1. The van der Waals surface area contributed by atoms with Gasteiger partial charge in [0.15, 0.2) is 0 Å². The van der Waals surface area contributed by atoms with Crippen molar-refractivity contribution >= 4 is 11.7 Å². The molecule has 2 atom stereocenters. The van der Waals surface area contributed by atoms with Crippen LogP contribution >= 0.6 is 0 Å². The topological polar surface area (TPSA) is 29.5 Å². The molecule has 1 aliphatic rings. The number of rotatable bonds is 2. The standard InChI is InChI=1S/C17H25NO2/c1-11-7-8-15-14(9-11)12(2)10-17(4,5)18(15)13(3)16(19)20-6/h7-9,12-13H,10H2,1-6H3/t12-,13-/m0/s1. The second-order valence-corrected chi connectivity index (χ2v) is 6.55. The molecule has 0 fully saturated rings. The molecule has 0 saturated heterocycles. The largest absolute Gasteiger partial charge is 0.467 e. The van der Waals surface area contributed by atoms with Crippen molar-refractivity contribution in [1.82, 2.24) is 0 Å². The van der Waals surface area contributed by atoms with E-state index < -0.39 is 0 Å². The number of fused-ring (bicyclic) bond motifs is 1. The summed E-state index contributed by atoms with van der Waals surface area (Å²) in [4.78, 5) is 14.2. The van der Waals surface area contributed by atoms with Crippen LogP contribution in [0.2, 0.25) is 0 Å². The minimum absolute atomic E-state index is 0.0602. The number of carbonyl (C=O) groups excluding carboxylic acids is 1. The third-order valence-corrected chi connectivity index (χ3v) is 4.36. The van der Waals surface area contributed by atoms with E-state index >= 15 is 0 Å². The highest BCUT2D eigenvalue weighted by Gasteiger charge is 2.41. The minimum Gasteiger partial charge on any atom is -0.467 e. The summed E-state index contributed by atoms with van der Waals surface area (Å²) < 4.78 is 4.94. The first kappa shape index (κ1) is 14.9. The molecule has 0 spiro atoms. The molecule has 0 aromatic heterocycles. The second kappa shape index (κ2) is 5.12. The first-order valence-electron chi connectivity index (χ1n) is 7.25. The zero-order valence-electron chi connectivity index (χ0n) is 13.4. The van der Waals surface area contributed by atoms with Crippen LogP contribution in [0.1, 0.15) is 51.2 Å². The number of nitrogens with zero attached hydrogens (tertiary/aromatic N) is 1. The van der Waals surface area contributed by atoms with Gasteiger partial charge >= 0.3 is 5.97 Å². The highest BCUT2D eigenvalue weighted by molar-refractivity contribution is 5.81. The summed E-state index contributed by atoms with van der Waals surface area (Å²) in [5.74, 6) is 0.320. The van der Waals surface area contributed by atoms with Gasteiger partial charge in [0.05, 0.1) is 7.11 Å². The van der Waals surface area contributed by atoms with Crippen molar-refractivity contribution in [1.29, 1.82) is 0 Å². The smallest absolute Gasteiger partial charge is 0.328 e. The number of carbonyl (C=O) groups is 1. The summed E-state index contributed by atoms with van der Waals surface area (Å²) in [5.41, 5.74) is 3.70. The summed E-state index contributed by atoms with van der Waals surface area (Å²) >= 11 is 0. The molecule has 0 bridgehead atoms. The normalized spacial score (nSPS) is 22.1. The van der Waals surface area contributed by atoms with Gasteiger partial charge in [0.1, 0.15) is 6.04 Å². The number of hydrogen-bond donors (Lipinski definition) is 0. The molecule has 3 heteroatoms. The molecule has 1 aliphatic heterocycles. The predicted molar refractivity (Wildman–Crippen MR) is 82.2 cm³/mol. The lowest BCUT2D eigenvalue weighted by Gasteiger charge is -2.49. The summed E-state index contributed by atoms with van der Waals surface area (Å²) in [5, 5.41) is 0. The number of ether oxygens (including phenoxy) is 1. The van der Waals surface area contributed by atoms with Crippen molar-refractivity contribution in [3.63, 3.8) is 0 Å². The average Bonchev–Trinajstić information content (AvgIpc) is 2.37. The van der Waals surface area contributed by atoms with Crippen LogP contribution in [-0.4, -0.2) is 24.7 Å². The van der Waals surface area contributed by atoms with Crippen LogP contribution in [0.3, 0.4) is 0 Å². The molecule has 2 rings (SSSR count). The van der Waals surface area contributed by atoms with Crippen LogP contribution in [0.4, 0.5) is 5.69 Å². The first-order valence-corrected chi connectivity index (χ1v) is 7.25. The highest BCUT2D eigenvalue weighted by atomic mass is 16.5. The second-order valence-electron chi connectivity index (χ2n) is 6.55. The monoisotopic (exact) mass is 275 g/mol. The average molecular weight is 275 g/mol. The Balaban J connectivity index is 2.54. The summed E-state index contributed by atoms with van der Waals surface area (Å²) in [6.07, 6.45) is 1.03. The van der Waals surface area contributed by atoms with Crippen LogP contribution in [-0.2, 0) is 9.53 Å². The lowest BCUT2D eigenvalue weighted by molar-refractivity contribution is -0.142. The van der Waals surface area contributed by atoms with Crippen molar-refractivity contribution in [3.05, 3.63) is 29.3 Å². The molecule has 1 heterocycles. The SMILES string of the molecule is COC(=O)[C@H](C)N1c2ccc(C)cc2[C@@H](C)CC1(C)C. The number of methoxy groups -OCH3 is 1. The minimum atomic E-state index is -0.274. The van der Waals surface area contributed by atoms with E-state index in [1.165, 1.54) is 18.2 Å². The molecule has 0 saturated carbocycles. The first-order chi connectivity index (χ1) is 9.27. The van der Waals surface area contributed by atoms with Crippen molar-refractivity contribution in [2.75, 3.05) is 12.0 Å². The van der Waals surface area contributed by atoms with Gasteiger partial charge in [0.2, 0.25) is 0 Å². The molecule has 110 valence electrons. The number of hydrogen-bond acceptors (Lipinski definition) is 3. The summed E-state index contributed by atoms with van der Waals surface area (Å²) in [7, 11) is 1.45. The van der Waals surface area contributed by atoms with Gasteiger partial charge in [-0.3, -0.25) is 0 Å². The number of benzene rings is 1. The van der Waals surface area contributed by atoms with Crippen molar-refractivity contribution in [3.8, 4) is 0 Å². The van der Waals surface area contributed by atoms with Gasteiger partial charge in [-0.15, -0.1) is 0 Å². The van der Waals surface area contributed by atoms with E-state index in [4.69, 9.17) is 4.74 Å². The van der Waals surface area contributed by atoms with Crippen molar-refractivity contribution in [2.24, 2.45) is 0 Å². The van der Waals surface area contributed by atoms with Crippen LogP contribution in [0.15, 0.2) is 18.2 Å². The fourth-order valence-corrected chi connectivity index (χ4v) is 3.58.